The van der Waals surface area contributed by atoms with Crippen molar-refractivity contribution < 1.29 is 27.4 Å². The first-order valence-electron chi connectivity index (χ1n) is 10.5. The summed E-state index contributed by atoms with van der Waals surface area (Å²) in [4.78, 5) is 15.0. The standard InChI is InChI=1S/C24H21FN4O5S.2ClH/c25-18-6-4-17(5-7-18)24(34-20-9-8-19(12-26)28-13-20)14-29(15-24)35(32,33)21-3-1-2-16(10-21)11-22(27)23(30)31;;/h1-10,13,22H,11,14-15,27H2,(H,30,31);2*1H/t22-;;/m0../s1. The maximum Gasteiger partial charge on any atom is 0.320 e. The average Bonchev–Trinajstić information content (AvgIpc) is 2.82. The minimum Gasteiger partial charge on any atom is -0.480 e. The van der Waals surface area contributed by atoms with Crippen molar-refractivity contribution in [1.82, 2.24) is 9.29 Å². The number of halogens is 3. The first-order chi connectivity index (χ1) is 16.6. The van der Waals surface area contributed by atoms with Crippen molar-refractivity contribution in [3.8, 4) is 11.8 Å². The first-order valence-corrected chi connectivity index (χ1v) is 12.0. The molecule has 13 heteroatoms. The molecule has 1 aliphatic rings. The zero-order valence-corrected chi connectivity index (χ0v) is 21.6. The van der Waals surface area contributed by atoms with Crippen LogP contribution in [0.2, 0.25) is 0 Å². The molecule has 0 aliphatic carbocycles. The Labute approximate surface area is 225 Å². The number of rotatable bonds is 8. The Morgan fingerprint density at radius 1 is 1.19 bits per heavy atom. The maximum atomic E-state index is 13.5. The van der Waals surface area contributed by atoms with Gasteiger partial charge in [0.25, 0.3) is 0 Å². The third kappa shape index (κ3) is 6.36. The largest absolute Gasteiger partial charge is 0.480 e. The Balaban J connectivity index is 0.00000241. The smallest absolute Gasteiger partial charge is 0.320 e. The molecular weight excluding hydrogens is 546 g/mol. The van der Waals surface area contributed by atoms with E-state index in [0.717, 1.165) is 0 Å². The molecule has 0 unspecified atom stereocenters. The Hall–Kier alpha value is -3.27. The van der Waals surface area contributed by atoms with Crippen molar-refractivity contribution in [3.63, 3.8) is 0 Å². The molecule has 1 fully saturated rings. The summed E-state index contributed by atoms with van der Waals surface area (Å²) in [5.74, 6) is -1.29. The number of nitrogens with two attached hydrogens (primary N) is 1. The number of ether oxygens (including phenoxy) is 1. The molecule has 1 saturated heterocycles. The Morgan fingerprint density at radius 3 is 2.43 bits per heavy atom. The van der Waals surface area contributed by atoms with Gasteiger partial charge in [-0.1, -0.05) is 24.3 Å². The summed E-state index contributed by atoms with van der Waals surface area (Å²) in [6.45, 7) is -0.111. The summed E-state index contributed by atoms with van der Waals surface area (Å²) in [5.41, 5.74) is 5.74. The van der Waals surface area contributed by atoms with E-state index in [1.807, 2.05) is 6.07 Å². The van der Waals surface area contributed by atoms with Crippen molar-refractivity contribution in [2.45, 2.75) is 23.0 Å². The van der Waals surface area contributed by atoms with Crippen LogP contribution in [0.3, 0.4) is 0 Å². The normalized spacial score (nSPS) is 15.2. The van der Waals surface area contributed by atoms with Gasteiger partial charge in [-0.3, -0.25) is 4.79 Å². The van der Waals surface area contributed by atoms with Crippen LogP contribution in [0.1, 0.15) is 16.8 Å². The number of benzene rings is 2. The molecular formula is C24H23Cl2FN4O5S. The summed E-state index contributed by atoms with van der Waals surface area (Å²) < 4.78 is 47.5. The maximum absolute atomic E-state index is 13.5. The van der Waals surface area contributed by atoms with Gasteiger partial charge in [0, 0.05) is 0 Å². The van der Waals surface area contributed by atoms with E-state index in [9.17, 15) is 17.6 Å². The lowest BCUT2D eigenvalue weighted by molar-refractivity contribution is -0.138. The number of carbonyl (C=O) groups is 1. The van der Waals surface area contributed by atoms with Crippen molar-refractivity contribution in [1.29, 1.82) is 5.26 Å². The number of carboxylic acids is 1. The highest BCUT2D eigenvalue weighted by Gasteiger charge is 2.52. The predicted molar refractivity (Wildman–Crippen MR) is 137 cm³/mol. The second kappa shape index (κ2) is 11.9. The van der Waals surface area contributed by atoms with E-state index in [2.05, 4.69) is 4.98 Å². The van der Waals surface area contributed by atoms with Gasteiger partial charge in [-0.2, -0.15) is 9.57 Å². The van der Waals surface area contributed by atoms with Gasteiger partial charge >= 0.3 is 5.97 Å². The number of pyridine rings is 1. The van der Waals surface area contributed by atoms with Crippen LogP contribution in [0.25, 0.3) is 0 Å². The molecule has 9 nitrogen and oxygen atoms in total. The van der Waals surface area contributed by atoms with E-state index in [4.69, 9.17) is 20.8 Å². The molecule has 0 saturated carbocycles. The number of aliphatic carboxylic acids is 1. The second-order valence-electron chi connectivity index (χ2n) is 8.16. The van der Waals surface area contributed by atoms with E-state index in [0.29, 0.717) is 16.9 Å². The molecule has 1 atom stereocenters. The summed E-state index contributed by atoms with van der Waals surface area (Å²) in [6, 6.07) is 15.4. The highest BCUT2D eigenvalue weighted by atomic mass is 35.5. The molecule has 3 N–H and O–H groups in total. The fraction of sp³-hybridized carbons (Fsp3) is 0.208. The van der Waals surface area contributed by atoms with E-state index in [1.165, 1.54) is 59.0 Å². The van der Waals surface area contributed by atoms with E-state index in [-0.39, 0.29) is 54.9 Å². The van der Waals surface area contributed by atoms with Crippen LogP contribution in [0, 0.1) is 17.1 Å². The van der Waals surface area contributed by atoms with Crippen molar-refractivity contribution in [3.05, 3.63) is 89.5 Å². The molecule has 37 heavy (non-hydrogen) atoms. The van der Waals surface area contributed by atoms with E-state index in [1.54, 1.807) is 12.1 Å². The molecule has 4 rings (SSSR count). The van der Waals surface area contributed by atoms with Gasteiger partial charge in [0.1, 0.15) is 29.4 Å². The number of carboxylic acid groups (broad SMARTS) is 1. The van der Waals surface area contributed by atoms with Gasteiger partial charge in [0.15, 0.2) is 5.60 Å². The second-order valence-corrected chi connectivity index (χ2v) is 10.1. The Kier molecular flexibility index (Phi) is 9.60. The number of nitriles is 1. The van der Waals surface area contributed by atoms with Crippen LogP contribution < -0.4 is 10.5 Å². The lowest BCUT2D eigenvalue weighted by Gasteiger charge is -2.48. The van der Waals surface area contributed by atoms with E-state index >= 15 is 0 Å². The number of sulfonamides is 1. The van der Waals surface area contributed by atoms with Crippen LogP contribution in [-0.4, -0.2) is 47.9 Å². The highest BCUT2D eigenvalue weighted by Crippen LogP contribution is 2.40. The monoisotopic (exact) mass is 568 g/mol. The number of aromatic nitrogens is 1. The van der Waals surface area contributed by atoms with Crippen molar-refractivity contribution >= 4 is 40.8 Å². The van der Waals surface area contributed by atoms with Crippen LogP contribution >= 0.6 is 24.8 Å². The Morgan fingerprint density at radius 2 is 1.86 bits per heavy atom. The van der Waals surface area contributed by atoms with Gasteiger partial charge in [-0.15, -0.1) is 24.8 Å². The van der Waals surface area contributed by atoms with Gasteiger partial charge in [-0.05, 0) is 53.9 Å². The molecule has 0 bridgehead atoms. The zero-order valence-electron chi connectivity index (χ0n) is 19.2. The molecule has 2 heterocycles. The quantitative estimate of drug-likeness (QED) is 0.421. The molecule has 0 spiro atoms. The first kappa shape index (κ1) is 30.0. The minimum atomic E-state index is -3.94. The average molecular weight is 569 g/mol. The molecule has 2 aromatic carbocycles. The number of nitrogens with zero attached hydrogens (tertiary/aromatic N) is 3. The lowest BCUT2D eigenvalue weighted by atomic mass is 9.87. The number of hydrogen-bond acceptors (Lipinski definition) is 7. The van der Waals surface area contributed by atoms with Crippen molar-refractivity contribution in [2.24, 2.45) is 5.73 Å². The lowest BCUT2D eigenvalue weighted by Crippen LogP contribution is -2.64. The highest BCUT2D eigenvalue weighted by molar-refractivity contribution is 7.89. The molecule has 3 aromatic rings. The topological polar surface area (TPSA) is 147 Å². The molecule has 1 aromatic heterocycles. The molecule has 196 valence electrons. The third-order valence-corrected chi connectivity index (χ3v) is 7.49. The number of hydrogen-bond donors (Lipinski definition) is 2. The van der Waals surface area contributed by atoms with Gasteiger partial charge in [0.05, 0.1) is 24.2 Å². The van der Waals surface area contributed by atoms with Crippen LogP contribution in [0.15, 0.2) is 71.8 Å². The summed E-state index contributed by atoms with van der Waals surface area (Å²) in [6.07, 6.45) is 1.35. The van der Waals surface area contributed by atoms with Gasteiger partial charge < -0.3 is 15.6 Å². The molecule has 1 aliphatic heterocycles. The van der Waals surface area contributed by atoms with Crippen molar-refractivity contribution in [2.75, 3.05) is 13.1 Å². The summed E-state index contributed by atoms with van der Waals surface area (Å²) in [7, 11) is -3.94. The SMILES string of the molecule is Cl.Cl.N#Cc1ccc(OC2(c3ccc(F)cc3)CN(S(=O)(=O)c3cccc(C[C@H](N)C(=O)O)c3)C2)cn1. The zero-order chi connectivity index (χ0) is 25.2. The van der Waals surface area contributed by atoms with E-state index < -0.39 is 33.5 Å². The fourth-order valence-electron chi connectivity index (χ4n) is 3.81. The third-order valence-electron chi connectivity index (χ3n) is 5.71. The molecule has 0 radical (unpaired) electrons. The van der Waals surface area contributed by atoms with Gasteiger partial charge in [0.2, 0.25) is 10.0 Å². The van der Waals surface area contributed by atoms with Crippen LogP contribution in [0.5, 0.6) is 5.75 Å². The molecule has 0 amide bonds. The fourth-order valence-corrected chi connectivity index (χ4v) is 5.41. The summed E-state index contributed by atoms with van der Waals surface area (Å²) >= 11 is 0. The predicted octanol–water partition coefficient (Wildman–Crippen LogP) is 2.87. The summed E-state index contributed by atoms with van der Waals surface area (Å²) in [5, 5.41) is 18.0. The Bertz CT molecular complexity index is 1390. The van der Waals surface area contributed by atoms with Gasteiger partial charge in [-0.25, -0.2) is 17.8 Å². The minimum absolute atomic E-state index is 0. The van der Waals surface area contributed by atoms with Crippen LogP contribution in [-0.2, 0) is 26.8 Å². The van der Waals surface area contributed by atoms with Crippen LogP contribution in [0.4, 0.5) is 4.39 Å².